The van der Waals surface area contributed by atoms with Gasteiger partial charge in [0.25, 0.3) is 5.91 Å². The second-order valence-corrected chi connectivity index (χ2v) is 8.71. The van der Waals surface area contributed by atoms with Crippen LogP contribution in [0.2, 0.25) is 0 Å². The van der Waals surface area contributed by atoms with E-state index in [2.05, 4.69) is 37.2 Å². The molecule has 1 atom stereocenters. The summed E-state index contributed by atoms with van der Waals surface area (Å²) < 4.78 is 20.2. The van der Waals surface area contributed by atoms with Crippen molar-refractivity contribution in [3.63, 3.8) is 0 Å². The van der Waals surface area contributed by atoms with E-state index in [0.717, 1.165) is 11.1 Å². The zero-order chi connectivity index (χ0) is 23.1. The number of hydrogen-bond donors (Lipinski definition) is 1. The van der Waals surface area contributed by atoms with E-state index >= 15 is 0 Å². The fourth-order valence-corrected chi connectivity index (χ4v) is 4.40. The smallest absolute Gasteiger partial charge is 0.262 e. The number of rotatable bonds is 7. The summed E-state index contributed by atoms with van der Waals surface area (Å²) in [5.41, 5.74) is 2.42. The van der Waals surface area contributed by atoms with Crippen LogP contribution in [0.5, 0.6) is 5.75 Å². The van der Waals surface area contributed by atoms with E-state index in [1.165, 1.54) is 18.2 Å². The Morgan fingerprint density at radius 3 is 2.34 bits per heavy atom. The Labute approximate surface area is 203 Å². The third-order valence-corrected chi connectivity index (χ3v) is 5.82. The summed E-state index contributed by atoms with van der Waals surface area (Å²) in [6.07, 6.45) is 1.52. The lowest BCUT2D eigenvalue weighted by Gasteiger charge is -2.14. The van der Waals surface area contributed by atoms with Crippen LogP contribution in [0, 0.1) is 17.1 Å². The molecule has 32 heavy (non-hydrogen) atoms. The second-order valence-electron chi connectivity index (χ2n) is 7.00. The highest BCUT2D eigenvalue weighted by Gasteiger charge is 2.15. The molecule has 4 nitrogen and oxygen atoms in total. The minimum Gasteiger partial charge on any atom is -0.487 e. The molecule has 0 aromatic heterocycles. The van der Waals surface area contributed by atoms with E-state index in [0.29, 0.717) is 20.3 Å². The fraction of sp³-hybridized carbons (Fsp3) is 0.120. The molecule has 162 valence electrons. The van der Waals surface area contributed by atoms with Gasteiger partial charge in [-0.3, -0.25) is 4.79 Å². The molecule has 0 saturated carbocycles. The van der Waals surface area contributed by atoms with Crippen molar-refractivity contribution in [3.05, 3.63) is 104 Å². The van der Waals surface area contributed by atoms with Crippen molar-refractivity contribution < 1.29 is 13.9 Å². The van der Waals surface area contributed by atoms with Gasteiger partial charge in [0.15, 0.2) is 0 Å². The maximum atomic E-state index is 13.1. The summed E-state index contributed by atoms with van der Waals surface area (Å²) in [5, 5.41) is 12.4. The number of nitriles is 1. The molecule has 3 rings (SSSR count). The van der Waals surface area contributed by atoms with Crippen LogP contribution in [0.25, 0.3) is 6.08 Å². The largest absolute Gasteiger partial charge is 0.487 e. The van der Waals surface area contributed by atoms with Gasteiger partial charge in [-0.15, -0.1) is 0 Å². The Bertz CT molecular complexity index is 1150. The van der Waals surface area contributed by atoms with E-state index in [4.69, 9.17) is 4.74 Å². The normalized spacial score (nSPS) is 12.0. The number of nitrogens with one attached hydrogen (secondary N) is 1. The molecule has 0 aliphatic carbocycles. The highest BCUT2D eigenvalue weighted by atomic mass is 79.9. The first-order valence-electron chi connectivity index (χ1n) is 9.71. The molecule has 0 saturated heterocycles. The Balaban J connectivity index is 1.74. The number of amides is 1. The standard InChI is InChI=1S/C25H19Br2FN2O2/c1-16(19-5-3-2-4-6-19)30-25(31)20(14-29)11-18-12-22(26)24(23(27)13-18)32-15-17-7-9-21(28)10-8-17/h2-13,16H,15H2,1H3,(H,30,31)/b20-11-/t16-/m0/s1. The van der Waals surface area contributed by atoms with Crippen LogP contribution in [0.15, 0.2) is 81.2 Å². The lowest BCUT2D eigenvalue weighted by molar-refractivity contribution is -0.117. The van der Waals surface area contributed by atoms with E-state index in [1.54, 1.807) is 24.3 Å². The first kappa shape index (κ1) is 23.7. The predicted octanol–water partition coefficient (Wildman–Crippen LogP) is 6.71. The van der Waals surface area contributed by atoms with Crippen molar-refractivity contribution in [3.8, 4) is 11.8 Å². The van der Waals surface area contributed by atoms with Gasteiger partial charge in [-0.1, -0.05) is 42.5 Å². The Hall–Kier alpha value is -2.95. The highest BCUT2D eigenvalue weighted by molar-refractivity contribution is 9.11. The molecule has 3 aromatic rings. The van der Waals surface area contributed by atoms with Crippen LogP contribution < -0.4 is 10.1 Å². The third-order valence-electron chi connectivity index (χ3n) is 4.64. The van der Waals surface area contributed by atoms with Crippen LogP contribution in [0.4, 0.5) is 4.39 Å². The van der Waals surface area contributed by atoms with Crippen molar-refractivity contribution in [1.29, 1.82) is 5.26 Å². The van der Waals surface area contributed by atoms with Gasteiger partial charge < -0.3 is 10.1 Å². The molecule has 1 amide bonds. The lowest BCUT2D eigenvalue weighted by Crippen LogP contribution is -2.27. The average Bonchev–Trinajstić information content (AvgIpc) is 2.78. The van der Waals surface area contributed by atoms with Gasteiger partial charge in [-0.2, -0.15) is 5.26 Å². The first-order valence-corrected chi connectivity index (χ1v) is 11.3. The minimum atomic E-state index is -0.451. The number of ether oxygens (including phenoxy) is 1. The van der Waals surface area contributed by atoms with Crippen LogP contribution in [0.1, 0.15) is 29.7 Å². The van der Waals surface area contributed by atoms with Gasteiger partial charge in [-0.25, -0.2) is 4.39 Å². The maximum Gasteiger partial charge on any atom is 0.262 e. The molecule has 7 heteroatoms. The molecule has 0 spiro atoms. The number of nitrogens with zero attached hydrogens (tertiary/aromatic N) is 1. The lowest BCUT2D eigenvalue weighted by atomic mass is 10.1. The zero-order valence-electron chi connectivity index (χ0n) is 17.1. The molecule has 1 N–H and O–H groups in total. The van der Waals surface area contributed by atoms with Crippen LogP contribution in [0.3, 0.4) is 0 Å². The first-order chi connectivity index (χ1) is 15.4. The van der Waals surface area contributed by atoms with Crippen LogP contribution in [-0.2, 0) is 11.4 Å². The van der Waals surface area contributed by atoms with Gasteiger partial charge in [0.05, 0.1) is 15.0 Å². The summed E-state index contributed by atoms with van der Waals surface area (Å²) in [6.45, 7) is 2.12. The Morgan fingerprint density at radius 2 is 1.75 bits per heavy atom. The zero-order valence-corrected chi connectivity index (χ0v) is 20.3. The van der Waals surface area contributed by atoms with Crippen LogP contribution >= 0.6 is 31.9 Å². The van der Waals surface area contributed by atoms with Gasteiger partial charge in [-0.05, 0) is 85.8 Å². The van der Waals surface area contributed by atoms with Crippen molar-refractivity contribution in [2.45, 2.75) is 19.6 Å². The fourth-order valence-electron chi connectivity index (χ4n) is 2.95. The molecule has 0 bridgehead atoms. The van der Waals surface area contributed by atoms with Gasteiger partial charge >= 0.3 is 0 Å². The summed E-state index contributed by atoms with van der Waals surface area (Å²) in [7, 11) is 0. The number of halogens is 3. The molecule has 0 fully saturated rings. The maximum absolute atomic E-state index is 13.1. The highest BCUT2D eigenvalue weighted by Crippen LogP contribution is 2.36. The molecular formula is C25H19Br2FN2O2. The predicted molar refractivity (Wildman–Crippen MR) is 129 cm³/mol. The minimum absolute atomic E-state index is 0.00781. The van der Waals surface area contributed by atoms with Gasteiger partial charge in [0, 0.05) is 0 Å². The van der Waals surface area contributed by atoms with E-state index < -0.39 is 5.91 Å². The van der Waals surface area contributed by atoms with Crippen molar-refractivity contribution in [1.82, 2.24) is 5.32 Å². The monoisotopic (exact) mass is 556 g/mol. The van der Waals surface area contributed by atoms with E-state index in [9.17, 15) is 14.4 Å². The number of carbonyl (C=O) groups excluding carboxylic acids is 1. The molecule has 0 heterocycles. The SMILES string of the molecule is C[C@H](NC(=O)/C(C#N)=C\c1cc(Br)c(OCc2ccc(F)cc2)c(Br)c1)c1ccccc1. The third kappa shape index (κ3) is 6.28. The second kappa shape index (κ2) is 11.1. The molecule has 0 aliphatic heterocycles. The summed E-state index contributed by atoms with van der Waals surface area (Å²) in [4.78, 5) is 12.6. The summed E-state index contributed by atoms with van der Waals surface area (Å²) in [6, 6.07) is 20.9. The van der Waals surface area contributed by atoms with Crippen molar-refractivity contribution in [2.75, 3.05) is 0 Å². The van der Waals surface area contributed by atoms with E-state index in [1.807, 2.05) is 43.3 Å². The average molecular weight is 558 g/mol. The Morgan fingerprint density at radius 1 is 1.12 bits per heavy atom. The number of hydrogen-bond acceptors (Lipinski definition) is 3. The molecular weight excluding hydrogens is 539 g/mol. The Kier molecular flexibility index (Phi) is 8.20. The topological polar surface area (TPSA) is 62.1 Å². The summed E-state index contributed by atoms with van der Waals surface area (Å²) in [5.74, 6) is -0.192. The number of carbonyl (C=O) groups is 1. The van der Waals surface area contributed by atoms with Crippen molar-refractivity contribution >= 4 is 43.8 Å². The van der Waals surface area contributed by atoms with Gasteiger partial charge in [0.2, 0.25) is 0 Å². The van der Waals surface area contributed by atoms with E-state index in [-0.39, 0.29) is 24.0 Å². The summed E-state index contributed by atoms with van der Waals surface area (Å²) >= 11 is 6.95. The molecule has 0 aliphatic rings. The van der Waals surface area contributed by atoms with Gasteiger partial charge in [0.1, 0.15) is 29.8 Å². The van der Waals surface area contributed by atoms with Crippen LogP contribution in [-0.4, -0.2) is 5.91 Å². The molecule has 0 unspecified atom stereocenters. The molecule has 0 radical (unpaired) electrons. The quantitative estimate of drug-likeness (QED) is 0.259. The number of benzene rings is 3. The van der Waals surface area contributed by atoms with Crippen molar-refractivity contribution in [2.24, 2.45) is 0 Å². The molecule has 3 aromatic carbocycles.